The second-order valence-corrected chi connectivity index (χ2v) is 9.90. The summed E-state index contributed by atoms with van der Waals surface area (Å²) in [6, 6.07) is 14.0. The molecule has 0 bridgehead atoms. The molecule has 0 saturated heterocycles. The Balaban J connectivity index is 1.99. The van der Waals surface area contributed by atoms with Crippen molar-refractivity contribution in [3.05, 3.63) is 70.8 Å². The van der Waals surface area contributed by atoms with Gasteiger partial charge >= 0.3 is 12.4 Å². The standard InChI is InChI=1S/C29H34F6N2/c1-3-23(37(4-2)19-17-21-10-6-5-7-11-21)16-18-27(20-36,22-12-8-13-22)26-24(28(30,31)32)14-9-15-25(26)29(33,34)35/h5-7,9-11,14-15,22-23H,3-4,8,12-13,16-19H2,1-2H3. The number of nitrogens with zero attached hydrogens (tertiary/aromatic N) is 2. The Bertz CT molecular complexity index is 1020. The van der Waals surface area contributed by atoms with Crippen molar-refractivity contribution in [3.8, 4) is 6.07 Å². The molecule has 2 atom stereocenters. The van der Waals surface area contributed by atoms with Crippen molar-refractivity contribution in [2.75, 3.05) is 13.1 Å². The minimum absolute atomic E-state index is 0.0509. The first-order valence-electron chi connectivity index (χ1n) is 12.9. The Labute approximate surface area is 215 Å². The maximum absolute atomic E-state index is 14.1. The predicted octanol–water partition coefficient (Wildman–Crippen LogP) is 8.41. The van der Waals surface area contributed by atoms with Gasteiger partial charge in [-0.3, -0.25) is 0 Å². The van der Waals surface area contributed by atoms with Crippen LogP contribution in [0.3, 0.4) is 0 Å². The number of alkyl halides is 6. The van der Waals surface area contributed by atoms with Crippen LogP contribution in [-0.4, -0.2) is 24.0 Å². The summed E-state index contributed by atoms with van der Waals surface area (Å²) in [5, 5.41) is 10.4. The van der Waals surface area contributed by atoms with Gasteiger partial charge in [0.1, 0.15) is 0 Å². The molecule has 37 heavy (non-hydrogen) atoms. The molecule has 2 nitrogen and oxygen atoms in total. The van der Waals surface area contributed by atoms with Gasteiger partial charge in [0, 0.05) is 12.6 Å². The lowest BCUT2D eigenvalue weighted by molar-refractivity contribution is -0.145. The van der Waals surface area contributed by atoms with Crippen LogP contribution in [0.5, 0.6) is 0 Å². The molecule has 8 heteroatoms. The van der Waals surface area contributed by atoms with E-state index in [-0.39, 0.29) is 12.5 Å². The molecule has 1 aliphatic carbocycles. The molecular formula is C29H34F6N2. The van der Waals surface area contributed by atoms with E-state index in [0.717, 1.165) is 24.6 Å². The van der Waals surface area contributed by atoms with E-state index in [1.54, 1.807) is 0 Å². The van der Waals surface area contributed by atoms with Crippen LogP contribution in [0.2, 0.25) is 0 Å². The largest absolute Gasteiger partial charge is 0.416 e. The molecule has 3 rings (SSSR count). The van der Waals surface area contributed by atoms with Crippen LogP contribution in [0, 0.1) is 17.2 Å². The molecule has 1 aliphatic rings. The summed E-state index contributed by atoms with van der Waals surface area (Å²) < 4.78 is 84.6. The van der Waals surface area contributed by atoms with Crippen molar-refractivity contribution >= 4 is 0 Å². The molecule has 0 amide bonds. The number of hydrogen-bond donors (Lipinski definition) is 0. The first-order valence-corrected chi connectivity index (χ1v) is 12.9. The summed E-state index contributed by atoms with van der Waals surface area (Å²) in [7, 11) is 0. The van der Waals surface area contributed by atoms with E-state index in [0.29, 0.717) is 50.8 Å². The molecule has 0 radical (unpaired) electrons. The third-order valence-corrected chi connectivity index (χ3v) is 7.92. The summed E-state index contributed by atoms with van der Waals surface area (Å²) in [4.78, 5) is 2.22. The van der Waals surface area contributed by atoms with E-state index in [4.69, 9.17) is 0 Å². The van der Waals surface area contributed by atoms with Gasteiger partial charge in [0.2, 0.25) is 0 Å². The Kier molecular flexibility index (Phi) is 9.33. The van der Waals surface area contributed by atoms with E-state index in [2.05, 4.69) is 4.90 Å². The Hall–Kier alpha value is -2.53. The van der Waals surface area contributed by atoms with E-state index < -0.39 is 40.4 Å². The smallest absolute Gasteiger partial charge is 0.300 e. The van der Waals surface area contributed by atoms with Crippen LogP contribution in [0.15, 0.2) is 48.5 Å². The van der Waals surface area contributed by atoms with Crippen molar-refractivity contribution in [1.29, 1.82) is 5.26 Å². The molecular weight excluding hydrogens is 490 g/mol. The fourth-order valence-electron chi connectivity index (χ4n) is 5.70. The van der Waals surface area contributed by atoms with E-state index in [1.807, 2.05) is 50.2 Å². The molecule has 0 heterocycles. The maximum atomic E-state index is 14.1. The zero-order valence-electron chi connectivity index (χ0n) is 21.3. The van der Waals surface area contributed by atoms with Gasteiger partial charge in [-0.15, -0.1) is 0 Å². The normalized spacial score (nSPS) is 17.2. The molecule has 0 N–H and O–H groups in total. The first-order chi connectivity index (χ1) is 17.5. The lowest BCUT2D eigenvalue weighted by Crippen LogP contribution is -2.44. The maximum Gasteiger partial charge on any atom is 0.416 e. The number of benzene rings is 2. The Morgan fingerprint density at radius 2 is 1.51 bits per heavy atom. The first kappa shape index (κ1) is 29.0. The average molecular weight is 525 g/mol. The third-order valence-electron chi connectivity index (χ3n) is 7.92. The average Bonchev–Trinajstić information content (AvgIpc) is 2.83. The van der Waals surface area contributed by atoms with Gasteiger partial charge in [-0.05, 0) is 74.2 Å². The monoisotopic (exact) mass is 524 g/mol. The van der Waals surface area contributed by atoms with Gasteiger partial charge in [-0.2, -0.15) is 31.6 Å². The molecule has 202 valence electrons. The number of hydrogen-bond acceptors (Lipinski definition) is 2. The van der Waals surface area contributed by atoms with Gasteiger partial charge < -0.3 is 4.90 Å². The third kappa shape index (κ3) is 6.49. The predicted molar refractivity (Wildman–Crippen MR) is 132 cm³/mol. The molecule has 2 aromatic rings. The van der Waals surface area contributed by atoms with Crippen LogP contribution in [0.4, 0.5) is 26.3 Å². The Morgan fingerprint density at radius 1 is 0.919 bits per heavy atom. The quantitative estimate of drug-likeness (QED) is 0.276. The minimum atomic E-state index is -5.00. The zero-order chi connectivity index (χ0) is 27.3. The molecule has 2 unspecified atom stereocenters. The van der Waals surface area contributed by atoms with E-state index in [9.17, 15) is 31.6 Å². The second-order valence-electron chi connectivity index (χ2n) is 9.90. The summed E-state index contributed by atoms with van der Waals surface area (Å²) in [5.41, 5.74) is -4.28. The lowest BCUT2D eigenvalue weighted by Gasteiger charge is -2.44. The number of halogens is 6. The highest BCUT2D eigenvalue weighted by molar-refractivity contribution is 5.49. The number of nitriles is 1. The number of rotatable bonds is 11. The lowest BCUT2D eigenvalue weighted by atomic mass is 9.58. The van der Waals surface area contributed by atoms with E-state index in [1.165, 1.54) is 0 Å². The summed E-state index contributed by atoms with van der Waals surface area (Å²) >= 11 is 0. The second kappa shape index (κ2) is 11.9. The molecule has 0 aliphatic heterocycles. The fraction of sp³-hybridized carbons (Fsp3) is 0.552. The van der Waals surface area contributed by atoms with Crippen molar-refractivity contribution in [1.82, 2.24) is 4.90 Å². The van der Waals surface area contributed by atoms with Gasteiger partial charge in [0.15, 0.2) is 0 Å². The van der Waals surface area contributed by atoms with Crippen molar-refractivity contribution in [2.24, 2.45) is 5.92 Å². The van der Waals surface area contributed by atoms with Gasteiger partial charge in [0.25, 0.3) is 0 Å². The highest BCUT2D eigenvalue weighted by Gasteiger charge is 2.52. The van der Waals surface area contributed by atoms with Crippen LogP contribution >= 0.6 is 0 Å². The van der Waals surface area contributed by atoms with Crippen LogP contribution in [0.1, 0.15) is 74.6 Å². The summed E-state index contributed by atoms with van der Waals surface area (Å²) in [5.74, 6) is -0.543. The summed E-state index contributed by atoms with van der Waals surface area (Å²) in [6.07, 6.45) is -6.67. The van der Waals surface area contributed by atoms with Crippen molar-refractivity contribution in [2.45, 2.75) is 82.6 Å². The highest BCUT2D eigenvalue weighted by Crippen LogP contribution is 2.53. The summed E-state index contributed by atoms with van der Waals surface area (Å²) in [6.45, 7) is 5.38. The van der Waals surface area contributed by atoms with Crippen molar-refractivity contribution < 1.29 is 26.3 Å². The molecule has 1 fully saturated rings. The fourth-order valence-corrected chi connectivity index (χ4v) is 5.70. The number of likely N-dealkylation sites (N-methyl/N-ethyl adjacent to an activating group) is 1. The molecule has 0 aromatic heterocycles. The minimum Gasteiger partial charge on any atom is -0.300 e. The highest BCUT2D eigenvalue weighted by atomic mass is 19.4. The van der Waals surface area contributed by atoms with Crippen LogP contribution < -0.4 is 0 Å². The van der Waals surface area contributed by atoms with Crippen molar-refractivity contribution in [3.63, 3.8) is 0 Å². The van der Waals surface area contributed by atoms with Gasteiger partial charge in [-0.1, -0.05) is 56.7 Å². The van der Waals surface area contributed by atoms with Gasteiger partial charge in [0.05, 0.1) is 22.6 Å². The van der Waals surface area contributed by atoms with Crippen LogP contribution in [-0.2, 0) is 24.2 Å². The van der Waals surface area contributed by atoms with Gasteiger partial charge in [-0.25, -0.2) is 0 Å². The molecule has 2 aromatic carbocycles. The van der Waals surface area contributed by atoms with Crippen LogP contribution in [0.25, 0.3) is 0 Å². The molecule has 0 spiro atoms. The SMILES string of the molecule is CCC(CCC(C#N)(c1c(C(F)(F)F)cccc1C(F)(F)F)C1CCC1)N(CC)CCc1ccccc1. The topological polar surface area (TPSA) is 27.0 Å². The molecule has 1 saturated carbocycles. The van der Waals surface area contributed by atoms with E-state index >= 15 is 0 Å². The Morgan fingerprint density at radius 3 is 1.95 bits per heavy atom. The zero-order valence-corrected chi connectivity index (χ0v) is 21.3.